The van der Waals surface area contributed by atoms with Crippen LogP contribution in [0.5, 0.6) is 17.2 Å². The normalized spacial score (nSPS) is 11.2. The third-order valence-corrected chi connectivity index (χ3v) is 2.99. The van der Waals surface area contributed by atoms with Gasteiger partial charge in [0.25, 0.3) is 5.91 Å². The molecule has 0 aromatic heterocycles. The Hall–Kier alpha value is -3.04. The van der Waals surface area contributed by atoms with E-state index in [0.717, 1.165) is 30.3 Å². The summed E-state index contributed by atoms with van der Waals surface area (Å²) in [5, 5.41) is 2.41. The molecule has 0 aliphatic heterocycles. The molecule has 0 atom stereocenters. The first kappa shape index (κ1) is 19.3. The van der Waals surface area contributed by atoms with Crippen molar-refractivity contribution in [3.63, 3.8) is 0 Å². The van der Waals surface area contributed by atoms with Gasteiger partial charge in [-0.2, -0.15) is 8.78 Å². The van der Waals surface area contributed by atoms with Crippen molar-refractivity contribution >= 4 is 11.6 Å². The topological polar surface area (TPSA) is 56.8 Å². The lowest BCUT2D eigenvalue weighted by molar-refractivity contribution is -0.274. The quantitative estimate of drug-likeness (QED) is 0.756. The number of hydrogen-bond donors (Lipinski definition) is 1. The Morgan fingerprint density at radius 2 is 1.69 bits per heavy atom. The van der Waals surface area contributed by atoms with Crippen molar-refractivity contribution in [3.8, 4) is 17.2 Å². The van der Waals surface area contributed by atoms with Crippen molar-refractivity contribution in [2.45, 2.75) is 13.0 Å². The molecule has 0 saturated heterocycles. The molecule has 0 bridgehead atoms. The Morgan fingerprint density at radius 1 is 1.04 bits per heavy atom. The minimum atomic E-state index is -4.84. The molecule has 0 aliphatic rings. The fraction of sp³-hybridized carbons (Fsp3) is 0.188. The van der Waals surface area contributed by atoms with Crippen LogP contribution in [0.25, 0.3) is 0 Å². The fourth-order valence-electron chi connectivity index (χ4n) is 1.95. The van der Waals surface area contributed by atoms with Gasteiger partial charge in [-0.3, -0.25) is 4.79 Å². The number of carbonyl (C=O) groups excluding carboxylic acids is 1. The average Bonchev–Trinajstić information content (AvgIpc) is 2.53. The van der Waals surface area contributed by atoms with Crippen LogP contribution in [0.1, 0.15) is 10.4 Å². The SMILES string of the molecule is COc1ccc(NC(=O)c2ccc(OC(F)(F)F)cc2)cc1OC(F)F. The van der Waals surface area contributed by atoms with Crippen LogP contribution in [0.4, 0.5) is 27.6 Å². The van der Waals surface area contributed by atoms with Gasteiger partial charge >= 0.3 is 13.0 Å². The van der Waals surface area contributed by atoms with Crippen LogP contribution in [0, 0.1) is 0 Å². The molecule has 0 unspecified atom stereocenters. The van der Waals surface area contributed by atoms with E-state index in [2.05, 4.69) is 14.8 Å². The molecule has 2 aromatic carbocycles. The first-order valence-corrected chi connectivity index (χ1v) is 6.98. The van der Waals surface area contributed by atoms with Crippen LogP contribution in [0.3, 0.4) is 0 Å². The van der Waals surface area contributed by atoms with Crippen LogP contribution < -0.4 is 19.5 Å². The van der Waals surface area contributed by atoms with E-state index >= 15 is 0 Å². The largest absolute Gasteiger partial charge is 0.573 e. The van der Waals surface area contributed by atoms with Crippen molar-refractivity contribution in [1.29, 1.82) is 0 Å². The molecule has 10 heteroatoms. The number of benzene rings is 2. The van der Waals surface area contributed by atoms with Gasteiger partial charge in [-0.05, 0) is 36.4 Å². The highest BCUT2D eigenvalue weighted by molar-refractivity contribution is 6.04. The van der Waals surface area contributed by atoms with Gasteiger partial charge < -0.3 is 19.5 Å². The van der Waals surface area contributed by atoms with Crippen LogP contribution >= 0.6 is 0 Å². The summed E-state index contributed by atoms with van der Waals surface area (Å²) in [7, 11) is 1.26. The van der Waals surface area contributed by atoms with E-state index in [1.165, 1.54) is 19.2 Å². The molecular weight excluding hydrogens is 365 g/mol. The molecule has 0 heterocycles. The molecule has 0 spiro atoms. The number of hydrogen-bond acceptors (Lipinski definition) is 4. The van der Waals surface area contributed by atoms with E-state index in [-0.39, 0.29) is 22.7 Å². The maximum Gasteiger partial charge on any atom is 0.573 e. The van der Waals surface area contributed by atoms with Crippen molar-refractivity contribution in [3.05, 3.63) is 48.0 Å². The summed E-state index contributed by atoms with van der Waals surface area (Å²) < 4.78 is 74.0. The number of rotatable bonds is 6. The smallest absolute Gasteiger partial charge is 0.493 e. The zero-order valence-corrected chi connectivity index (χ0v) is 13.1. The zero-order valence-electron chi connectivity index (χ0n) is 13.1. The van der Waals surface area contributed by atoms with Crippen LogP contribution in [-0.4, -0.2) is 26.0 Å². The average molecular weight is 377 g/mol. The Kier molecular flexibility index (Phi) is 5.86. The lowest BCUT2D eigenvalue weighted by atomic mass is 10.2. The Balaban J connectivity index is 2.11. The second-order valence-electron chi connectivity index (χ2n) is 4.77. The second-order valence-corrected chi connectivity index (χ2v) is 4.77. The summed E-state index contributed by atoms with van der Waals surface area (Å²) in [6.07, 6.45) is -4.84. The van der Waals surface area contributed by atoms with Gasteiger partial charge in [-0.1, -0.05) is 0 Å². The van der Waals surface area contributed by atoms with Crippen molar-refractivity contribution < 1.29 is 41.0 Å². The Morgan fingerprint density at radius 3 is 2.23 bits per heavy atom. The molecule has 0 radical (unpaired) electrons. The molecule has 1 N–H and O–H groups in total. The van der Waals surface area contributed by atoms with Crippen molar-refractivity contribution in [2.24, 2.45) is 0 Å². The molecule has 5 nitrogen and oxygen atoms in total. The molecule has 1 amide bonds. The summed E-state index contributed by atoms with van der Waals surface area (Å²) in [5.41, 5.74) is 0.161. The van der Waals surface area contributed by atoms with Gasteiger partial charge in [0, 0.05) is 17.3 Å². The van der Waals surface area contributed by atoms with Gasteiger partial charge in [-0.15, -0.1) is 13.2 Å². The molecule has 0 saturated carbocycles. The fourth-order valence-corrected chi connectivity index (χ4v) is 1.95. The van der Waals surface area contributed by atoms with E-state index in [1.54, 1.807) is 0 Å². The monoisotopic (exact) mass is 377 g/mol. The van der Waals surface area contributed by atoms with Crippen LogP contribution in [0.15, 0.2) is 42.5 Å². The highest BCUT2D eigenvalue weighted by Gasteiger charge is 2.31. The summed E-state index contributed by atoms with van der Waals surface area (Å²) in [6.45, 7) is -3.09. The van der Waals surface area contributed by atoms with Gasteiger partial charge in [0.2, 0.25) is 0 Å². The first-order chi connectivity index (χ1) is 12.2. The first-order valence-electron chi connectivity index (χ1n) is 6.98. The van der Waals surface area contributed by atoms with Gasteiger partial charge in [0.05, 0.1) is 7.11 Å². The Bertz CT molecular complexity index is 762. The summed E-state index contributed by atoms with van der Waals surface area (Å²) in [6, 6.07) is 8.02. The molecule has 26 heavy (non-hydrogen) atoms. The molecule has 140 valence electrons. The number of amides is 1. The lowest BCUT2D eigenvalue weighted by Crippen LogP contribution is -2.17. The number of methoxy groups -OCH3 is 1. The van der Waals surface area contributed by atoms with Crippen LogP contribution in [0.2, 0.25) is 0 Å². The third-order valence-electron chi connectivity index (χ3n) is 2.99. The minimum absolute atomic E-state index is 0.0340. The van der Waals surface area contributed by atoms with Crippen LogP contribution in [-0.2, 0) is 0 Å². The van der Waals surface area contributed by atoms with E-state index in [9.17, 15) is 26.7 Å². The summed E-state index contributed by atoms with van der Waals surface area (Å²) in [5.74, 6) is -1.39. The molecule has 2 aromatic rings. The molecule has 0 fully saturated rings. The van der Waals surface area contributed by atoms with Gasteiger partial charge in [-0.25, -0.2) is 0 Å². The molecule has 0 aliphatic carbocycles. The highest BCUT2D eigenvalue weighted by Crippen LogP contribution is 2.31. The minimum Gasteiger partial charge on any atom is -0.493 e. The summed E-state index contributed by atoms with van der Waals surface area (Å²) >= 11 is 0. The van der Waals surface area contributed by atoms with Crippen molar-refractivity contribution in [1.82, 2.24) is 0 Å². The number of carbonyl (C=O) groups is 1. The van der Waals surface area contributed by atoms with Gasteiger partial charge in [0.1, 0.15) is 5.75 Å². The van der Waals surface area contributed by atoms with E-state index in [1.807, 2.05) is 0 Å². The highest BCUT2D eigenvalue weighted by atomic mass is 19.4. The predicted octanol–water partition coefficient (Wildman–Crippen LogP) is 4.45. The number of alkyl halides is 5. The van der Waals surface area contributed by atoms with E-state index in [0.29, 0.717) is 0 Å². The maximum atomic E-state index is 12.4. The zero-order chi connectivity index (χ0) is 19.3. The lowest BCUT2D eigenvalue weighted by Gasteiger charge is -2.12. The number of ether oxygens (including phenoxy) is 3. The van der Waals surface area contributed by atoms with Crippen molar-refractivity contribution in [2.75, 3.05) is 12.4 Å². The second kappa shape index (κ2) is 7.89. The van der Waals surface area contributed by atoms with Gasteiger partial charge in [0.15, 0.2) is 11.5 Å². The number of nitrogens with one attached hydrogen (secondary N) is 1. The predicted molar refractivity (Wildman–Crippen MR) is 80.7 cm³/mol. The Labute approximate surface area is 144 Å². The van der Waals surface area contributed by atoms with E-state index in [4.69, 9.17) is 4.74 Å². The molecule has 2 rings (SSSR count). The standard InChI is InChI=1S/C16H12F5NO4/c1-24-12-7-4-10(8-13(12)25-15(17)18)22-14(23)9-2-5-11(6-3-9)26-16(19,20)21/h2-8,15H,1H3,(H,22,23). The summed E-state index contributed by atoms with van der Waals surface area (Å²) in [4.78, 5) is 12.1. The third kappa shape index (κ3) is 5.50. The maximum absolute atomic E-state index is 12.4. The van der Waals surface area contributed by atoms with E-state index < -0.39 is 24.6 Å². The number of anilines is 1. The number of halogens is 5. The molecular formula is C16H12F5NO4.